The number of alkyl halides is 3. The van der Waals surface area contributed by atoms with Gasteiger partial charge < -0.3 is 10.6 Å². The quantitative estimate of drug-likeness (QED) is 0.908. The van der Waals surface area contributed by atoms with Crippen LogP contribution >= 0.6 is 0 Å². The van der Waals surface area contributed by atoms with Crippen molar-refractivity contribution in [2.24, 2.45) is 5.73 Å². The van der Waals surface area contributed by atoms with E-state index < -0.39 is 17.6 Å². The first-order valence-electron chi connectivity index (χ1n) is 8.36. The molecule has 2 aromatic rings. The van der Waals surface area contributed by atoms with Crippen molar-refractivity contribution in [2.75, 3.05) is 31.1 Å². The number of carbonyl (C=O) groups excluding carboxylic acids is 1. The first-order valence-corrected chi connectivity index (χ1v) is 8.36. The van der Waals surface area contributed by atoms with Gasteiger partial charge >= 0.3 is 6.18 Å². The number of anilines is 1. The molecule has 1 aliphatic rings. The Morgan fingerprint density at radius 2 is 1.65 bits per heavy atom. The second-order valence-electron chi connectivity index (χ2n) is 6.37. The van der Waals surface area contributed by atoms with Gasteiger partial charge in [-0.1, -0.05) is 18.2 Å². The standard InChI is InChI=1S/C19H20F3N3O/c20-19(21,22)16-2-1-3-17(12-16)25-10-8-24(9-11-25)13-14-4-6-15(7-5-14)18(23)26/h1-7,12H,8-11,13H2,(H2,23,26). The lowest BCUT2D eigenvalue weighted by Crippen LogP contribution is -2.46. The van der Waals surface area contributed by atoms with Gasteiger partial charge in [-0.05, 0) is 35.9 Å². The fourth-order valence-corrected chi connectivity index (χ4v) is 3.08. The predicted octanol–water partition coefficient (Wildman–Crippen LogP) is 3.13. The summed E-state index contributed by atoms with van der Waals surface area (Å²) in [6.07, 6.45) is -4.32. The molecule has 1 amide bonds. The van der Waals surface area contributed by atoms with E-state index in [1.807, 2.05) is 17.0 Å². The lowest BCUT2D eigenvalue weighted by Gasteiger charge is -2.36. The van der Waals surface area contributed by atoms with Gasteiger partial charge in [-0.25, -0.2) is 0 Å². The zero-order valence-electron chi connectivity index (χ0n) is 14.2. The van der Waals surface area contributed by atoms with Crippen LogP contribution in [0.1, 0.15) is 21.5 Å². The van der Waals surface area contributed by atoms with Gasteiger partial charge in [0.15, 0.2) is 0 Å². The van der Waals surface area contributed by atoms with E-state index in [1.54, 1.807) is 18.2 Å². The van der Waals surface area contributed by atoms with E-state index in [2.05, 4.69) is 4.90 Å². The zero-order chi connectivity index (χ0) is 18.7. The minimum atomic E-state index is -4.32. The molecule has 0 aromatic heterocycles. The average Bonchev–Trinajstić information content (AvgIpc) is 2.62. The summed E-state index contributed by atoms with van der Waals surface area (Å²) in [4.78, 5) is 15.3. The summed E-state index contributed by atoms with van der Waals surface area (Å²) in [6, 6.07) is 12.6. The van der Waals surface area contributed by atoms with E-state index in [9.17, 15) is 18.0 Å². The third kappa shape index (κ3) is 4.35. The maximum absolute atomic E-state index is 12.9. The van der Waals surface area contributed by atoms with Crippen LogP contribution in [0.4, 0.5) is 18.9 Å². The highest BCUT2D eigenvalue weighted by atomic mass is 19.4. The number of rotatable bonds is 4. The summed E-state index contributed by atoms with van der Waals surface area (Å²) in [5.74, 6) is -0.453. The Balaban J connectivity index is 1.58. The van der Waals surface area contributed by atoms with Crippen molar-refractivity contribution in [3.05, 3.63) is 65.2 Å². The smallest absolute Gasteiger partial charge is 0.369 e. The SMILES string of the molecule is NC(=O)c1ccc(CN2CCN(c3cccc(C(F)(F)F)c3)CC2)cc1. The largest absolute Gasteiger partial charge is 0.416 e. The Bertz CT molecular complexity index is 766. The highest BCUT2D eigenvalue weighted by Gasteiger charge is 2.31. The number of amides is 1. The minimum Gasteiger partial charge on any atom is -0.369 e. The molecule has 1 heterocycles. The number of halogens is 3. The molecule has 0 radical (unpaired) electrons. The first-order chi connectivity index (χ1) is 12.3. The molecule has 26 heavy (non-hydrogen) atoms. The number of benzene rings is 2. The number of primary amides is 1. The van der Waals surface area contributed by atoms with Crippen molar-refractivity contribution in [3.63, 3.8) is 0 Å². The molecule has 3 rings (SSSR count). The summed E-state index contributed by atoms with van der Waals surface area (Å²) in [5, 5.41) is 0. The summed E-state index contributed by atoms with van der Waals surface area (Å²) < 4.78 is 38.6. The Kier molecular flexibility index (Phi) is 5.18. The highest BCUT2D eigenvalue weighted by Crippen LogP contribution is 2.31. The van der Waals surface area contributed by atoms with E-state index in [-0.39, 0.29) is 0 Å². The van der Waals surface area contributed by atoms with Gasteiger partial charge in [-0.15, -0.1) is 0 Å². The van der Waals surface area contributed by atoms with Crippen LogP contribution in [0.2, 0.25) is 0 Å². The molecule has 0 aliphatic carbocycles. The van der Waals surface area contributed by atoms with Crippen LogP contribution in [0.5, 0.6) is 0 Å². The van der Waals surface area contributed by atoms with Crippen molar-refractivity contribution in [1.82, 2.24) is 4.90 Å². The number of nitrogens with zero attached hydrogens (tertiary/aromatic N) is 2. The lowest BCUT2D eigenvalue weighted by atomic mass is 10.1. The molecule has 0 atom stereocenters. The molecule has 0 bridgehead atoms. The van der Waals surface area contributed by atoms with Gasteiger partial charge in [0.25, 0.3) is 0 Å². The summed E-state index contributed by atoms with van der Waals surface area (Å²) in [6.45, 7) is 3.58. The van der Waals surface area contributed by atoms with Crippen LogP contribution in [0.3, 0.4) is 0 Å². The first kappa shape index (κ1) is 18.3. The van der Waals surface area contributed by atoms with Crippen LogP contribution < -0.4 is 10.6 Å². The summed E-state index contributed by atoms with van der Waals surface area (Å²) in [5.41, 5.74) is 6.76. The van der Waals surface area contributed by atoms with E-state index >= 15 is 0 Å². The van der Waals surface area contributed by atoms with Crippen LogP contribution in [-0.2, 0) is 12.7 Å². The van der Waals surface area contributed by atoms with Crippen molar-refractivity contribution in [1.29, 1.82) is 0 Å². The normalized spacial score (nSPS) is 15.9. The Hall–Kier alpha value is -2.54. The molecule has 2 aromatic carbocycles. The van der Waals surface area contributed by atoms with E-state index in [4.69, 9.17) is 5.73 Å². The molecule has 0 saturated carbocycles. The Labute approximate surface area is 150 Å². The number of piperazine rings is 1. The molecule has 138 valence electrons. The summed E-state index contributed by atoms with van der Waals surface area (Å²) >= 11 is 0. The Morgan fingerprint density at radius 1 is 1.00 bits per heavy atom. The molecule has 1 fully saturated rings. The molecule has 1 saturated heterocycles. The van der Waals surface area contributed by atoms with Crippen molar-refractivity contribution >= 4 is 11.6 Å². The van der Waals surface area contributed by atoms with Crippen molar-refractivity contribution in [2.45, 2.75) is 12.7 Å². The van der Waals surface area contributed by atoms with Gasteiger partial charge in [0.1, 0.15) is 0 Å². The molecular weight excluding hydrogens is 343 g/mol. The minimum absolute atomic E-state index is 0.453. The summed E-state index contributed by atoms with van der Waals surface area (Å²) in [7, 11) is 0. The van der Waals surface area contributed by atoms with Gasteiger partial charge in [0, 0.05) is 44.0 Å². The van der Waals surface area contributed by atoms with Gasteiger partial charge in [0.05, 0.1) is 5.56 Å². The number of carbonyl (C=O) groups is 1. The second-order valence-corrected chi connectivity index (χ2v) is 6.37. The Morgan fingerprint density at radius 3 is 2.23 bits per heavy atom. The van der Waals surface area contributed by atoms with E-state index in [1.165, 1.54) is 12.1 Å². The van der Waals surface area contributed by atoms with E-state index in [0.29, 0.717) is 24.3 Å². The fourth-order valence-electron chi connectivity index (χ4n) is 3.08. The van der Waals surface area contributed by atoms with Crippen LogP contribution in [0.25, 0.3) is 0 Å². The number of nitrogens with two attached hydrogens (primary N) is 1. The molecule has 7 heteroatoms. The molecular formula is C19H20F3N3O. The number of hydrogen-bond acceptors (Lipinski definition) is 3. The second kappa shape index (κ2) is 7.37. The monoisotopic (exact) mass is 363 g/mol. The van der Waals surface area contributed by atoms with Crippen molar-refractivity contribution in [3.8, 4) is 0 Å². The molecule has 0 unspecified atom stereocenters. The molecule has 1 aliphatic heterocycles. The topological polar surface area (TPSA) is 49.6 Å². The predicted molar refractivity (Wildman–Crippen MR) is 93.9 cm³/mol. The van der Waals surface area contributed by atoms with Crippen LogP contribution in [-0.4, -0.2) is 37.0 Å². The average molecular weight is 363 g/mol. The lowest BCUT2D eigenvalue weighted by molar-refractivity contribution is -0.137. The van der Waals surface area contributed by atoms with Gasteiger partial charge in [0.2, 0.25) is 5.91 Å². The zero-order valence-corrected chi connectivity index (χ0v) is 14.2. The van der Waals surface area contributed by atoms with Crippen LogP contribution in [0.15, 0.2) is 48.5 Å². The molecule has 0 spiro atoms. The van der Waals surface area contributed by atoms with Crippen LogP contribution in [0, 0.1) is 0 Å². The van der Waals surface area contributed by atoms with Gasteiger partial charge in [-0.3, -0.25) is 9.69 Å². The third-order valence-corrected chi connectivity index (χ3v) is 4.56. The fraction of sp³-hybridized carbons (Fsp3) is 0.316. The third-order valence-electron chi connectivity index (χ3n) is 4.56. The maximum Gasteiger partial charge on any atom is 0.416 e. The molecule has 4 nitrogen and oxygen atoms in total. The van der Waals surface area contributed by atoms with Crippen molar-refractivity contribution < 1.29 is 18.0 Å². The highest BCUT2D eigenvalue weighted by molar-refractivity contribution is 5.92. The maximum atomic E-state index is 12.9. The van der Waals surface area contributed by atoms with Gasteiger partial charge in [-0.2, -0.15) is 13.2 Å². The number of hydrogen-bond donors (Lipinski definition) is 1. The molecule has 2 N–H and O–H groups in total. The van der Waals surface area contributed by atoms with E-state index in [0.717, 1.165) is 31.3 Å².